The number of benzene rings is 1. The Morgan fingerprint density at radius 3 is 2.70 bits per heavy atom. The SMILES string of the molecule is CC1(CNCc2ccc(F)cc2C(F)(F)F)CCCS1. The molecule has 0 aliphatic carbocycles. The summed E-state index contributed by atoms with van der Waals surface area (Å²) in [5, 5.41) is 3.07. The maximum atomic E-state index is 13.0. The molecule has 0 aromatic heterocycles. The topological polar surface area (TPSA) is 12.0 Å². The predicted molar refractivity (Wildman–Crippen MR) is 73.2 cm³/mol. The predicted octanol–water partition coefficient (Wildman–Crippen LogP) is 4.22. The lowest BCUT2D eigenvalue weighted by Crippen LogP contribution is -2.33. The van der Waals surface area contributed by atoms with E-state index in [2.05, 4.69) is 12.2 Å². The second kappa shape index (κ2) is 5.93. The molecule has 20 heavy (non-hydrogen) atoms. The summed E-state index contributed by atoms with van der Waals surface area (Å²) in [7, 11) is 0. The first-order valence-electron chi connectivity index (χ1n) is 6.50. The van der Waals surface area contributed by atoms with Crippen LogP contribution in [0.15, 0.2) is 18.2 Å². The minimum Gasteiger partial charge on any atom is -0.311 e. The zero-order valence-electron chi connectivity index (χ0n) is 11.2. The Balaban J connectivity index is 2.02. The van der Waals surface area contributed by atoms with Gasteiger partial charge in [0.15, 0.2) is 0 Å². The summed E-state index contributed by atoms with van der Waals surface area (Å²) < 4.78 is 51.6. The molecule has 0 bridgehead atoms. The normalized spacial score (nSPS) is 23.2. The number of hydrogen-bond acceptors (Lipinski definition) is 2. The molecule has 112 valence electrons. The molecular formula is C14H17F4NS. The fraction of sp³-hybridized carbons (Fsp3) is 0.571. The maximum absolute atomic E-state index is 13.0. The van der Waals surface area contributed by atoms with Crippen molar-refractivity contribution < 1.29 is 17.6 Å². The molecule has 1 aromatic rings. The van der Waals surface area contributed by atoms with Crippen molar-refractivity contribution in [2.24, 2.45) is 0 Å². The van der Waals surface area contributed by atoms with E-state index in [0.717, 1.165) is 24.7 Å². The molecule has 1 atom stereocenters. The van der Waals surface area contributed by atoms with Gasteiger partial charge in [0.2, 0.25) is 0 Å². The van der Waals surface area contributed by atoms with E-state index < -0.39 is 17.6 Å². The van der Waals surface area contributed by atoms with Crippen LogP contribution in [0.3, 0.4) is 0 Å². The molecule has 1 unspecified atom stereocenters. The molecule has 1 heterocycles. The number of halogens is 4. The molecular weight excluding hydrogens is 290 g/mol. The Morgan fingerprint density at radius 2 is 2.10 bits per heavy atom. The van der Waals surface area contributed by atoms with Crippen LogP contribution in [0, 0.1) is 5.82 Å². The van der Waals surface area contributed by atoms with Crippen LogP contribution in [0.2, 0.25) is 0 Å². The average molecular weight is 307 g/mol. The zero-order valence-corrected chi connectivity index (χ0v) is 12.0. The minimum atomic E-state index is -4.52. The Bertz CT molecular complexity index is 467. The summed E-state index contributed by atoms with van der Waals surface area (Å²) >= 11 is 1.85. The second-order valence-corrected chi connectivity index (χ2v) is 6.99. The molecule has 1 aromatic carbocycles. The van der Waals surface area contributed by atoms with E-state index in [-0.39, 0.29) is 16.9 Å². The first-order valence-corrected chi connectivity index (χ1v) is 7.49. The largest absolute Gasteiger partial charge is 0.416 e. The van der Waals surface area contributed by atoms with Crippen molar-refractivity contribution >= 4 is 11.8 Å². The first kappa shape index (κ1) is 15.6. The van der Waals surface area contributed by atoms with E-state index in [0.29, 0.717) is 12.6 Å². The maximum Gasteiger partial charge on any atom is 0.416 e. The van der Waals surface area contributed by atoms with Crippen LogP contribution in [0.4, 0.5) is 17.6 Å². The summed E-state index contributed by atoms with van der Waals surface area (Å²) in [6.45, 7) is 2.88. The van der Waals surface area contributed by atoms with E-state index in [1.165, 1.54) is 6.07 Å². The van der Waals surface area contributed by atoms with Gasteiger partial charge in [0.05, 0.1) is 5.56 Å². The van der Waals surface area contributed by atoms with Crippen molar-refractivity contribution in [3.63, 3.8) is 0 Å². The van der Waals surface area contributed by atoms with E-state index >= 15 is 0 Å². The van der Waals surface area contributed by atoms with E-state index in [4.69, 9.17) is 0 Å². The van der Waals surface area contributed by atoms with Gasteiger partial charge < -0.3 is 5.32 Å². The molecule has 1 nitrogen and oxygen atoms in total. The van der Waals surface area contributed by atoms with Crippen molar-refractivity contribution in [2.45, 2.75) is 37.2 Å². The number of alkyl halides is 3. The second-order valence-electron chi connectivity index (χ2n) is 5.30. The average Bonchev–Trinajstić information content (AvgIpc) is 2.77. The lowest BCUT2D eigenvalue weighted by Gasteiger charge is -2.23. The Hall–Kier alpha value is -0.750. The van der Waals surface area contributed by atoms with Crippen molar-refractivity contribution in [3.8, 4) is 0 Å². The van der Waals surface area contributed by atoms with Crippen LogP contribution < -0.4 is 5.32 Å². The van der Waals surface area contributed by atoms with Crippen LogP contribution in [0.1, 0.15) is 30.9 Å². The molecule has 0 amide bonds. The highest BCUT2D eigenvalue weighted by atomic mass is 32.2. The Kier molecular flexibility index (Phi) is 4.64. The number of nitrogens with one attached hydrogen (secondary N) is 1. The van der Waals surface area contributed by atoms with Crippen molar-refractivity contribution in [3.05, 3.63) is 35.1 Å². The molecule has 1 aliphatic rings. The van der Waals surface area contributed by atoms with E-state index in [1.807, 2.05) is 11.8 Å². The summed E-state index contributed by atoms with van der Waals surface area (Å²) in [6, 6.07) is 2.83. The van der Waals surface area contributed by atoms with Crippen LogP contribution >= 0.6 is 11.8 Å². The molecule has 2 rings (SSSR count). The minimum absolute atomic E-state index is 0.0884. The number of rotatable bonds is 4. The van der Waals surface area contributed by atoms with Crippen LogP contribution in [0.5, 0.6) is 0 Å². The molecule has 6 heteroatoms. The van der Waals surface area contributed by atoms with Crippen molar-refractivity contribution in [1.82, 2.24) is 5.32 Å². The summed E-state index contributed by atoms with van der Waals surface area (Å²) in [6.07, 6.45) is -2.31. The van der Waals surface area contributed by atoms with Gasteiger partial charge in [-0.1, -0.05) is 6.07 Å². The third-order valence-electron chi connectivity index (χ3n) is 3.49. The van der Waals surface area contributed by atoms with Gasteiger partial charge in [-0.15, -0.1) is 0 Å². The third kappa shape index (κ3) is 3.88. The van der Waals surface area contributed by atoms with Crippen LogP contribution in [-0.2, 0) is 12.7 Å². The molecule has 0 radical (unpaired) electrons. The van der Waals surface area contributed by atoms with Gasteiger partial charge in [0.1, 0.15) is 5.82 Å². The number of hydrogen-bond donors (Lipinski definition) is 1. The van der Waals surface area contributed by atoms with Crippen LogP contribution in [0.25, 0.3) is 0 Å². The van der Waals surface area contributed by atoms with Crippen molar-refractivity contribution in [1.29, 1.82) is 0 Å². The smallest absolute Gasteiger partial charge is 0.311 e. The van der Waals surface area contributed by atoms with Gasteiger partial charge in [-0.2, -0.15) is 24.9 Å². The monoisotopic (exact) mass is 307 g/mol. The van der Waals surface area contributed by atoms with Gasteiger partial charge >= 0.3 is 6.18 Å². The molecule has 0 spiro atoms. The van der Waals surface area contributed by atoms with E-state index in [9.17, 15) is 17.6 Å². The molecule has 1 N–H and O–H groups in total. The highest BCUT2D eigenvalue weighted by molar-refractivity contribution is 8.00. The standard InChI is InChI=1S/C14H17F4NS/c1-13(5-2-6-20-13)9-19-8-10-3-4-11(15)7-12(10)14(16,17)18/h3-4,7,19H,2,5-6,8-9H2,1H3. The fourth-order valence-electron chi connectivity index (χ4n) is 2.40. The highest BCUT2D eigenvalue weighted by Gasteiger charge is 2.34. The highest BCUT2D eigenvalue weighted by Crippen LogP contribution is 2.37. The number of thioether (sulfide) groups is 1. The van der Waals surface area contributed by atoms with Gasteiger partial charge in [0, 0.05) is 17.8 Å². The van der Waals surface area contributed by atoms with Gasteiger partial charge in [-0.05, 0) is 43.2 Å². The lowest BCUT2D eigenvalue weighted by molar-refractivity contribution is -0.138. The summed E-state index contributed by atoms with van der Waals surface area (Å²) in [5.74, 6) is 0.238. The Labute approximate surface area is 120 Å². The third-order valence-corrected chi connectivity index (χ3v) is 5.03. The molecule has 1 saturated heterocycles. The molecule has 1 fully saturated rings. The fourth-order valence-corrected chi connectivity index (χ4v) is 3.68. The quantitative estimate of drug-likeness (QED) is 0.836. The van der Waals surface area contributed by atoms with E-state index in [1.54, 1.807) is 0 Å². The van der Waals surface area contributed by atoms with Gasteiger partial charge in [0.25, 0.3) is 0 Å². The first-order chi connectivity index (χ1) is 9.30. The lowest BCUT2D eigenvalue weighted by atomic mass is 10.0. The van der Waals surface area contributed by atoms with Crippen LogP contribution in [-0.4, -0.2) is 17.0 Å². The zero-order chi connectivity index (χ0) is 14.8. The summed E-state index contributed by atoms with van der Waals surface area (Å²) in [4.78, 5) is 0. The van der Waals surface area contributed by atoms with Gasteiger partial charge in [-0.25, -0.2) is 4.39 Å². The molecule has 1 aliphatic heterocycles. The molecule has 0 saturated carbocycles. The van der Waals surface area contributed by atoms with Crippen molar-refractivity contribution in [2.75, 3.05) is 12.3 Å². The Morgan fingerprint density at radius 1 is 1.35 bits per heavy atom. The summed E-state index contributed by atoms with van der Waals surface area (Å²) in [5.41, 5.74) is -0.806. The van der Waals surface area contributed by atoms with Gasteiger partial charge in [-0.3, -0.25) is 0 Å².